The molecule has 0 aliphatic carbocycles. The van der Waals surface area contributed by atoms with E-state index < -0.39 is 97.5 Å². The SMILES string of the molecule is CC/C=C\C/C=C\C/C=C\C/C=C\C/C=C\CCCCCC(=O)OCC(COP(=O)(O)OCC(O)COP(=O)(O)OCC(COC(=O)CCCC/C=C\C/C=C\C/C=C\C/C=C\CC)OC(=O)CCCCCCCCCCCCCCC)OC(=O)CCCC/C=C\C/C=C\C/C=C\C/C=C\CC. The van der Waals surface area contributed by atoms with Gasteiger partial charge in [0.05, 0.1) is 26.4 Å². The normalized spacial score (nSPS) is 14.8. The lowest BCUT2D eigenvalue weighted by molar-refractivity contribution is -0.161. The van der Waals surface area contributed by atoms with Crippen molar-refractivity contribution in [3.8, 4) is 0 Å². The zero-order valence-corrected chi connectivity index (χ0v) is 65.0. The first kappa shape index (κ1) is 96.7. The molecule has 580 valence electrons. The second kappa shape index (κ2) is 74.0. The van der Waals surface area contributed by atoms with Crippen LogP contribution in [0.2, 0.25) is 0 Å². The van der Waals surface area contributed by atoms with Crippen LogP contribution in [0.1, 0.15) is 285 Å². The summed E-state index contributed by atoms with van der Waals surface area (Å²) in [5.41, 5.74) is 0. The molecule has 0 saturated heterocycles. The standard InChI is InChI=1S/C83H136O17P2/c1-5-9-13-17-21-25-29-33-36-37-38-39-42-45-48-52-56-60-64-68-81(86)94-74-79(100-83(88)70-66-62-58-54-50-46-41-35-31-27-23-19-15-11-7-3)76-98-102(91,92)96-72-77(84)71-95-101(89,90)97-75-78(99-82(87)69-65-61-57-53-49-43-32-28-24-20-16-12-8-4)73-93-80(85)67-63-59-55-51-47-44-40-34-30-26-22-18-14-10-6-2/h9-11,13-15,21-23,25-27,33-36,38-41,45,47-48,50-51,54,77-79,84H,5-8,12,16-20,24,28-32,37,42-44,46,49,52-53,55-76H2,1-4H3,(H,89,90)(H,91,92)/b13-9-,14-10-,15-11-,25-21-,26-22-,27-23-,36-33-,39-38-,40-34-,41-35-,48-45-,51-47-,54-50-. The van der Waals surface area contributed by atoms with Crippen LogP contribution in [0.3, 0.4) is 0 Å². The number of rotatable bonds is 71. The van der Waals surface area contributed by atoms with E-state index in [1.807, 2.05) is 0 Å². The summed E-state index contributed by atoms with van der Waals surface area (Å²) in [5, 5.41) is 10.6. The number of phosphoric acid groups is 2. The highest BCUT2D eigenvalue weighted by Crippen LogP contribution is 2.45. The lowest BCUT2D eigenvalue weighted by Gasteiger charge is -2.21. The smallest absolute Gasteiger partial charge is 0.462 e. The third-order valence-corrected chi connectivity index (χ3v) is 17.4. The van der Waals surface area contributed by atoms with Crippen LogP contribution in [0, 0.1) is 0 Å². The molecule has 0 radical (unpaired) electrons. The third-order valence-electron chi connectivity index (χ3n) is 15.5. The number of hydrogen-bond donors (Lipinski definition) is 3. The molecule has 0 bridgehead atoms. The fourth-order valence-corrected chi connectivity index (χ4v) is 11.3. The van der Waals surface area contributed by atoms with Crippen molar-refractivity contribution in [3.05, 3.63) is 158 Å². The molecule has 17 nitrogen and oxygen atoms in total. The molecule has 19 heteroatoms. The van der Waals surface area contributed by atoms with Crippen LogP contribution < -0.4 is 0 Å². The third kappa shape index (κ3) is 73.0. The molecule has 0 aliphatic heterocycles. The van der Waals surface area contributed by atoms with Gasteiger partial charge in [-0.3, -0.25) is 37.3 Å². The average Bonchev–Trinajstić information content (AvgIpc) is 0.924. The van der Waals surface area contributed by atoms with E-state index in [1.165, 1.54) is 51.4 Å². The summed E-state index contributed by atoms with van der Waals surface area (Å²) in [7, 11) is -10.00. The molecule has 5 unspecified atom stereocenters. The summed E-state index contributed by atoms with van der Waals surface area (Å²) < 4.78 is 68.4. The minimum atomic E-state index is -5.00. The molecular weight excluding hydrogens is 1330 g/mol. The van der Waals surface area contributed by atoms with Crippen molar-refractivity contribution >= 4 is 39.5 Å². The Bertz CT molecular complexity index is 2550. The summed E-state index contributed by atoms with van der Waals surface area (Å²) in [6.45, 7) is 4.38. The minimum Gasteiger partial charge on any atom is -0.462 e. The molecule has 0 aromatic rings. The van der Waals surface area contributed by atoms with Crippen molar-refractivity contribution in [2.75, 3.05) is 39.6 Å². The van der Waals surface area contributed by atoms with Crippen molar-refractivity contribution < 1.29 is 80.2 Å². The topological polar surface area (TPSA) is 237 Å². The maximum atomic E-state index is 13.1. The average molecular weight is 1470 g/mol. The lowest BCUT2D eigenvalue weighted by atomic mass is 10.0. The van der Waals surface area contributed by atoms with E-state index in [9.17, 15) is 43.2 Å². The molecular formula is C83H136O17P2. The molecule has 3 N–H and O–H groups in total. The van der Waals surface area contributed by atoms with Gasteiger partial charge in [0.15, 0.2) is 12.2 Å². The fraction of sp³-hybridized carbons (Fsp3) is 0.639. The molecule has 0 spiro atoms. The van der Waals surface area contributed by atoms with Crippen molar-refractivity contribution in [1.29, 1.82) is 0 Å². The Kier molecular flexibility index (Phi) is 70.1. The van der Waals surface area contributed by atoms with Crippen molar-refractivity contribution in [2.45, 2.75) is 303 Å². The van der Waals surface area contributed by atoms with Gasteiger partial charge in [-0.1, -0.05) is 269 Å². The van der Waals surface area contributed by atoms with E-state index in [0.29, 0.717) is 32.1 Å². The first-order valence-electron chi connectivity index (χ1n) is 38.7. The minimum absolute atomic E-state index is 0.0289. The van der Waals surface area contributed by atoms with Gasteiger partial charge in [0.2, 0.25) is 0 Å². The Morgan fingerprint density at radius 3 is 0.804 bits per heavy atom. The van der Waals surface area contributed by atoms with E-state index in [1.54, 1.807) is 0 Å². The van der Waals surface area contributed by atoms with Gasteiger partial charge in [-0.05, 0) is 148 Å². The van der Waals surface area contributed by atoms with Crippen molar-refractivity contribution in [2.24, 2.45) is 0 Å². The van der Waals surface area contributed by atoms with Gasteiger partial charge in [-0.15, -0.1) is 0 Å². The highest BCUT2D eigenvalue weighted by Gasteiger charge is 2.30. The molecule has 0 saturated carbocycles. The number of ether oxygens (including phenoxy) is 4. The number of allylic oxidation sites excluding steroid dienone is 26. The van der Waals surface area contributed by atoms with Gasteiger partial charge in [0, 0.05) is 25.7 Å². The van der Waals surface area contributed by atoms with Crippen LogP contribution >= 0.6 is 15.6 Å². The number of carbonyl (C=O) groups is 4. The van der Waals surface area contributed by atoms with Crippen molar-refractivity contribution in [3.63, 3.8) is 0 Å². The van der Waals surface area contributed by atoms with Crippen LogP contribution in [0.4, 0.5) is 0 Å². The molecule has 5 atom stereocenters. The Hall–Kier alpha value is -5.32. The van der Waals surface area contributed by atoms with E-state index in [2.05, 4.69) is 186 Å². The molecule has 0 heterocycles. The maximum Gasteiger partial charge on any atom is 0.472 e. The number of hydrogen-bond acceptors (Lipinski definition) is 15. The quantitative estimate of drug-likeness (QED) is 0.0169. The summed E-state index contributed by atoms with van der Waals surface area (Å²) in [5.74, 6) is -2.31. The first-order valence-corrected chi connectivity index (χ1v) is 41.7. The number of aliphatic hydroxyl groups excluding tert-OH is 1. The predicted octanol–water partition coefficient (Wildman–Crippen LogP) is 22.4. The summed E-state index contributed by atoms with van der Waals surface area (Å²) in [4.78, 5) is 72.9. The molecule has 0 aliphatic rings. The second-order valence-electron chi connectivity index (χ2n) is 25.2. The summed E-state index contributed by atoms with van der Waals surface area (Å²) in [6.07, 6.45) is 85.3. The van der Waals surface area contributed by atoms with Crippen molar-refractivity contribution in [1.82, 2.24) is 0 Å². The largest absolute Gasteiger partial charge is 0.472 e. The van der Waals surface area contributed by atoms with Gasteiger partial charge in [0.1, 0.15) is 19.3 Å². The highest BCUT2D eigenvalue weighted by atomic mass is 31.2. The summed E-state index contributed by atoms with van der Waals surface area (Å²) >= 11 is 0. The summed E-state index contributed by atoms with van der Waals surface area (Å²) in [6, 6.07) is 0. The van der Waals surface area contributed by atoms with Gasteiger partial charge < -0.3 is 33.8 Å². The Morgan fingerprint density at radius 2 is 0.510 bits per heavy atom. The predicted molar refractivity (Wildman–Crippen MR) is 417 cm³/mol. The molecule has 0 rings (SSSR count). The Labute approximate surface area is 617 Å². The van der Waals surface area contributed by atoms with Gasteiger partial charge in [-0.2, -0.15) is 0 Å². The Morgan fingerprint density at radius 1 is 0.284 bits per heavy atom. The van der Waals surface area contributed by atoms with Crippen LogP contribution in [0.5, 0.6) is 0 Å². The number of unbranched alkanes of at least 4 members (excludes halogenated alkanes) is 19. The molecule has 0 aromatic carbocycles. The van der Waals surface area contributed by atoms with Gasteiger partial charge in [-0.25, -0.2) is 9.13 Å². The maximum absolute atomic E-state index is 13.1. The number of carbonyl (C=O) groups excluding carboxylic acids is 4. The monoisotopic (exact) mass is 1470 g/mol. The zero-order valence-electron chi connectivity index (χ0n) is 63.2. The fourth-order valence-electron chi connectivity index (χ4n) is 9.70. The molecule has 0 amide bonds. The van der Waals surface area contributed by atoms with E-state index in [4.69, 9.17) is 37.0 Å². The first-order chi connectivity index (χ1) is 49.7. The molecule has 0 fully saturated rings. The van der Waals surface area contributed by atoms with Crippen LogP contribution in [0.15, 0.2) is 158 Å². The second-order valence-corrected chi connectivity index (χ2v) is 28.1. The highest BCUT2D eigenvalue weighted by molar-refractivity contribution is 7.47. The van der Waals surface area contributed by atoms with Gasteiger partial charge >= 0.3 is 39.5 Å². The lowest BCUT2D eigenvalue weighted by Crippen LogP contribution is -2.30. The Balaban J connectivity index is 5.46. The number of aliphatic hydroxyl groups is 1. The molecule has 0 aromatic heterocycles. The van der Waals surface area contributed by atoms with Gasteiger partial charge in [0.25, 0.3) is 0 Å². The van der Waals surface area contributed by atoms with Crippen LogP contribution in [-0.2, 0) is 65.4 Å². The van der Waals surface area contributed by atoms with E-state index in [-0.39, 0.29) is 25.7 Å². The van der Waals surface area contributed by atoms with Crippen LogP contribution in [-0.4, -0.2) is 96.7 Å². The number of esters is 4. The number of phosphoric ester groups is 2. The van der Waals surface area contributed by atoms with E-state index >= 15 is 0 Å². The zero-order chi connectivity index (χ0) is 74.6. The van der Waals surface area contributed by atoms with Crippen LogP contribution in [0.25, 0.3) is 0 Å². The van der Waals surface area contributed by atoms with E-state index in [0.717, 1.165) is 148 Å². The molecule has 102 heavy (non-hydrogen) atoms.